The molecule has 1 atom stereocenters. The average molecular weight is 464 g/mol. The summed E-state index contributed by atoms with van der Waals surface area (Å²) in [6.45, 7) is 2.76. The number of hydroxylamine groups is 1. The molecule has 1 amide bonds. The highest BCUT2D eigenvalue weighted by atomic mass is 35.5. The van der Waals surface area contributed by atoms with Crippen LogP contribution >= 0.6 is 36.4 Å². The average Bonchev–Trinajstić information content (AvgIpc) is 3.11. The number of aromatic nitrogens is 1. The largest absolute Gasteiger partial charge is 0.366 e. The fourth-order valence-corrected chi connectivity index (χ4v) is 3.12. The summed E-state index contributed by atoms with van der Waals surface area (Å²) in [7, 11) is 0. The lowest BCUT2D eigenvalue weighted by Gasteiger charge is -2.17. The second-order valence-electron chi connectivity index (χ2n) is 6.40. The predicted molar refractivity (Wildman–Crippen MR) is 117 cm³/mol. The number of hydrogen-bond donors (Lipinski definition) is 3. The second kappa shape index (κ2) is 11.9. The minimum absolute atomic E-state index is 0. The first kappa shape index (κ1) is 25.1. The van der Waals surface area contributed by atoms with Crippen molar-refractivity contribution < 1.29 is 14.4 Å². The van der Waals surface area contributed by atoms with E-state index in [1.807, 2.05) is 24.3 Å². The summed E-state index contributed by atoms with van der Waals surface area (Å²) in [5.41, 5.74) is 2.90. The Balaban J connectivity index is 0.00000210. The van der Waals surface area contributed by atoms with Crippen molar-refractivity contribution in [1.82, 2.24) is 15.4 Å². The molecule has 1 fully saturated rings. The van der Waals surface area contributed by atoms with Crippen molar-refractivity contribution in [2.75, 3.05) is 18.4 Å². The molecule has 0 saturated carbocycles. The summed E-state index contributed by atoms with van der Waals surface area (Å²) in [5.74, 6) is -1.59. The number of rotatable bonds is 6. The van der Waals surface area contributed by atoms with Gasteiger partial charge in [0.1, 0.15) is 5.82 Å². The number of likely N-dealkylation sites (tertiary alicyclic amines) is 1. The van der Waals surface area contributed by atoms with Crippen LogP contribution in [-0.2, 0) is 11.3 Å². The lowest BCUT2D eigenvalue weighted by Crippen LogP contribution is -2.26. The first-order valence-electron chi connectivity index (χ1n) is 8.54. The van der Waals surface area contributed by atoms with Crippen LogP contribution in [0.15, 0.2) is 48.4 Å². The molecule has 2 heterocycles. The van der Waals surface area contributed by atoms with E-state index < -0.39 is 11.7 Å². The molecule has 3 N–H and O–H groups in total. The Hall–Kier alpha value is -1.90. The Morgan fingerprint density at radius 3 is 2.62 bits per heavy atom. The number of nitrogens with one attached hydrogen (secondary N) is 2. The molecule has 158 valence electrons. The minimum Gasteiger partial charge on any atom is -0.366 e. The maximum atomic E-state index is 13.4. The van der Waals surface area contributed by atoms with Crippen LogP contribution in [0.4, 0.5) is 10.2 Å². The molecule has 0 bridgehead atoms. The van der Waals surface area contributed by atoms with Gasteiger partial charge in [0.15, 0.2) is 5.83 Å². The fourth-order valence-electron chi connectivity index (χ4n) is 2.99. The molecular weight excluding hydrogens is 442 g/mol. The first-order valence-corrected chi connectivity index (χ1v) is 8.92. The van der Waals surface area contributed by atoms with Crippen molar-refractivity contribution in [3.8, 4) is 0 Å². The Kier molecular flexibility index (Phi) is 10.4. The predicted octanol–water partition coefficient (Wildman–Crippen LogP) is 4.08. The Labute approximate surface area is 185 Å². The zero-order chi connectivity index (χ0) is 19.2. The van der Waals surface area contributed by atoms with E-state index in [1.165, 1.54) is 17.2 Å². The monoisotopic (exact) mass is 462 g/mol. The van der Waals surface area contributed by atoms with Gasteiger partial charge in [0.25, 0.3) is 0 Å². The lowest BCUT2D eigenvalue weighted by molar-refractivity contribution is -0.126. The number of pyridine rings is 1. The lowest BCUT2D eigenvalue weighted by atomic mass is 10.2. The normalized spacial score (nSPS) is 16.5. The third-order valence-corrected chi connectivity index (χ3v) is 4.59. The molecule has 0 aliphatic carbocycles. The fraction of sp³-hybridized carbons (Fsp3) is 0.263. The highest BCUT2D eigenvalue weighted by molar-refractivity contribution is 6.30. The van der Waals surface area contributed by atoms with Crippen molar-refractivity contribution in [3.05, 3.63) is 64.6 Å². The van der Waals surface area contributed by atoms with E-state index in [-0.39, 0.29) is 30.9 Å². The number of carbonyl (C=O) groups excluding carboxylic acids is 1. The van der Waals surface area contributed by atoms with Gasteiger partial charge in [0.05, 0.1) is 0 Å². The van der Waals surface area contributed by atoms with Crippen LogP contribution in [0.1, 0.15) is 17.5 Å². The van der Waals surface area contributed by atoms with E-state index in [0.29, 0.717) is 11.4 Å². The number of anilines is 1. The summed E-state index contributed by atoms with van der Waals surface area (Å²) in [6.07, 6.45) is 3.47. The number of nitrogens with zero attached hydrogens (tertiary/aromatic N) is 2. The molecule has 6 nitrogen and oxygen atoms in total. The molecule has 0 radical (unpaired) electrons. The van der Waals surface area contributed by atoms with Crippen molar-refractivity contribution >= 4 is 54.2 Å². The van der Waals surface area contributed by atoms with E-state index in [9.17, 15) is 9.18 Å². The van der Waals surface area contributed by atoms with E-state index in [1.54, 1.807) is 12.1 Å². The van der Waals surface area contributed by atoms with Gasteiger partial charge in [-0.2, -0.15) is 0 Å². The van der Waals surface area contributed by atoms with Crippen molar-refractivity contribution in [3.63, 3.8) is 0 Å². The topological polar surface area (TPSA) is 77.5 Å². The van der Waals surface area contributed by atoms with Crippen LogP contribution in [0.5, 0.6) is 0 Å². The molecule has 1 aromatic carbocycles. The Morgan fingerprint density at radius 2 is 2.00 bits per heavy atom. The maximum Gasteiger partial charge on any atom is 0.303 e. The highest BCUT2D eigenvalue weighted by Gasteiger charge is 2.22. The van der Waals surface area contributed by atoms with Gasteiger partial charge in [-0.3, -0.25) is 14.9 Å². The van der Waals surface area contributed by atoms with Crippen LogP contribution in [-0.4, -0.2) is 40.1 Å². The SMILES string of the molecule is Cl.Cl.O=C(NO)/C(F)=C\c1ccc(N[C@@H]2CCN(Cc3ccc(Cl)cc3)C2)nc1. The number of halogens is 4. The van der Waals surface area contributed by atoms with Crippen LogP contribution in [0.3, 0.4) is 0 Å². The smallest absolute Gasteiger partial charge is 0.303 e. The molecule has 1 aliphatic heterocycles. The van der Waals surface area contributed by atoms with Gasteiger partial charge in [-0.05, 0) is 47.9 Å². The van der Waals surface area contributed by atoms with E-state index in [0.717, 1.165) is 37.2 Å². The number of carbonyl (C=O) groups is 1. The van der Waals surface area contributed by atoms with E-state index in [4.69, 9.17) is 16.8 Å². The quantitative estimate of drug-likeness (QED) is 0.342. The zero-order valence-corrected chi connectivity index (χ0v) is 17.7. The van der Waals surface area contributed by atoms with Crippen molar-refractivity contribution in [2.45, 2.75) is 19.0 Å². The van der Waals surface area contributed by atoms with Gasteiger partial charge >= 0.3 is 5.91 Å². The Bertz CT molecular complexity index is 819. The van der Waals surface area contributed by atoms with E-state index >= 15 is 0 Å². The third kappa shape index (κ3) is 7.45. The molecule has 1 aromatic heterocycles. The molecule has 2 aromatic rings. The zero-order valence-electron chi connectivity index (χ0n) is 15.3. The molecule has 1 aliphatic rings. The maximum absolute atomic E-state index is 13.4. The van der Waals surface area contributed by atoms with Gasteiger partial charge < -0.3 is 5.32 Å². The summed E-state index contributed by atoms with van der Waals surface area (Å²) >= 11 is 5.92. The molecule has 0 spiro atoms. The van der Waals surface area contributed by atoms with Gasteiger partial charge in [0.2, 0.25) is 0 Å². The molecule has 1 saturated heterocycles. The number of amides is 1. The third-order valence-electron chi connectivity index (χ3n) is 4.34. The second-order valence-corrected chi connectivity index (χ2v) is 6.84. The molecular formula is C19H22Cl3FN4O2. The van der Waals surface area contributed by atoms with Crippen LogP contribution < -0.4 is 10.8 Å². The van der Waals surface area contributed by atoms with E-state index in [2.05, 4.69) is 15.2 Å². The van der Waals surface area contributed by atoms with Crippen LogP contribution in [0.2, 0.25) is 5.02 Å². The van der Waals surface area contributed by atoms with Crippen molar-refractivity contribution in [2.24, 2.45) is 0 Å². The first-order chi connectivity index (χ1) is 13.0. The Morgan fingerprint density at radius 1 is 1.28 bits per heavy atom. The van der Waals surface area contributed by atoms with Crippen LogP contribution in [0.25, 0.3) is 6.08 Å². The van der Waals surface area contributed by atoms with Gasteiger partial charge in [-0.1, -0.05) is 23.7 Å². The summed E-state index contributed by atoms with van der Waals surface area (Å²) in [5, 5.41) is 12.5. The van der Waals surface area contributed by atoms with Crippen LogP contribution in [0, 0.1) is 0 Å². The molecule has 10 heteroatoms. The summed E-state index contributed by atoms with van der Waals surface area (Å²) in [4.78, 5) is 17.6. The minimum atomic E-state index is -1.19. The highest BCUT2D eigenvalue weighted by Crippen LogP contribution is 2.19. The summed E-state index contributed by atoms with van der Waals surface area (Å²) < 4.78 is 13.4. The summed E-state index contributed by atoms with van der Waals surface area (Å²) in [6, 6.07) is 11.5. The number of hydrogen-bond acceptors (Lipinski definition) is 5. The molecule has 29 heavy (non-hydrogen) atoms. The van der Waals surface area contributed by atoms with Gasteiger partial charge in [0, 0.05) is 36.9 Å². The van der Waals surface area contributed by atoms with Crippen molar-refractivity contribution in [1.29, 1.82) is 0 Å². The molecule has 3 rings (SSSR count). The van der Waals surface area contributed by atoms with Gasteiger partial charge in [-0.15, -0.1) is 24.8 Å². The molecule has 0 unspecified atom stereocenters. The standard InChI is InChI=1S/C19H20ClFN4O2.2ClH/c20-15-4-1-13(2-5-15)11-25-8-7-16(12-25)23-18-6-3-14(10-22-18)9-17(21)19(26)24-27;;/h1-6,9-10,16,27H,7-8,11-12H2,(H,22,23)(H,24,26);2*1H/b17-9+;;/t16-;;/m1../s1. The van der Waals surface area contributed by atoms with Gasteiger partial charge in [-0.25, -0.2) is 14.9 Å². The number of benzene rings is 1.